The monoisotopic (exact) mass is 685 g/mol. The number of carboxylic acids is 1. The molecule has 1 aliphatic carbocycles. The number of nitrogens with zero attached hydrogens (tertiary/aromatic N) is 5. The van der Waals surface area contributed by atoms with Gasteiger partial charge in [-0.05, 0) is 108 Å². The first-order valence-electron chi connectivity index (χ1n) is 16.9. The highest BCUT2D eigenvalue weighted by atomic mass is 35.5. The zero-order valence-corrected chi connectivity index (χ0v) is 29.3. The fraction of sp³-hybridized carbons (Fsp3) is 0.459. The molecule has 11 heteroatoms. The number of rotatable bonds is 8. The maximum Gasteiger partial charge on any atom is 0.337 e. The zero-order chi connectivity index (χ0) is 33.3. The Morgan fingerprint density at radius 2 is 1.77 bits per heavy atom. The number of aromatic nitrogens is 4. The molecule has 3 fully saturated rings. The van der Waals surface area contributed by atoms with E-state index < -0.39 is 17.7 Å². The zero-order valence-electron chi connectivity index (χ0n) is 27.7. The SMILES string of the molecule is Cc1cc2nc(-c3ccc4c(n3)c(C3CCN(C5COC5)CC3)nn4C3CC3)sc2c(-c2ccc(Cl)cc2)c1[C@H](OC(C)(C)C)C(=O)O. The summed E-state index contributed by atoms with van der Waals surface area (Å²) >= 11 is 7.83. The molecule has 0 bridgehead atoms. The average molecular weight is 686 g/mol. The van der Waals surface area contributed by atoms with Gasteiger partial charge in [-0.3, -0.25) is 9.58 Å². The fourth-order valence-corrected chi connectivity index (χ4v) is 8.37. The Morgan fingerprint density at radius 3 is 2.40 bits per heavy atom. The van der Waals surface area contributed by atoms with Crippen LogP contribution in [0.15, 0.2) is 42.5 Å². The van der Waals surface area contributed by atoms with E-state index in [-0.39, 0.29) is 0 Å². The molecule has 250 valence electrons. The van der Waals surface area contributed by atoms with Crippen LogP contribution in [0, 0.1) is 6.92 Å². The van der Waals surface area contributed by atoms with Crippen molar-refractivity contribution >= 4 is 50.2 Å². The highest BCUT2D eigenvalue weighted by Crippen LogP contribution is 2.45. The lowest BCUT2D eigenvalue weighted by Crippen LogP contribution is -2.51. The van der Waals surface area contributed by atoms with Gasteiger partial charge in [0, 0.05) is 22.1 Å². The lowest BCUT2D eigenvalue weighted by molar-refractivity contribution is -0.160. The molecule has 9 nitrogen and oxygen atoms in total. The van der Waals surface area contributed by atoms with Crippen LogP contribution in [0.1, 0.15) is 81.3 Å². The number of likely N-dealkylation sites (tertiary alicyclic amines) is 1. The van der Waals surface area contributed by atoms with E-state index in [1.807, 2.05) is 58.0 Å². The van der Waals surface area contributed by atoms with Crippen molar-refractivity contribution in [3.63, 3.8) is 0 Å². The molecule has 0 unspecified atom stereocenters. The minimum Gasteiger partial charge on any atom is -0.479 e. The molecule has 0 amide bonds. The summed E-state index contributed by atoms with van der Waals surface area (Å²) in [7, 11) is 0. The number of aryl methyl sites for hydroxylation is 1. The Hall–Kier alpha value is -3.41. The summed E-state index contributed by atoms with van der Waals surface area (Å²) in [5.74, 6) is -0.674. The highest BCUT2D eigenvalue weighted by Gasteiger charge is 2.35. The maximum absolute atomic E-state index is 12.8. The van der Waals surface area contributed by atoms with Crippen molar-refractivity contribution < 1.29 is 19.4 Å². The predicted molar refractivity (Wildman–Crippen MR) is 189 cm³/mol. The van der Waals surface area contributed by atoms with Crippen LogP contribution in [0.3, 0.4) is 0 Å². The number of fused-ring (bicyclic) bond motifs is 2. The Balaban J connectivity index is 1.24. The Morgan fingerprint density at radius 1 is 1.04 bits per heavy atom. The van der Waals surface area contributed by atoms with E-state index in [0.29, 0.717) is 28.6 Å². The molecular weight excluding hydrogens is 646 g/mol. The number of ether oxygens (including phenoxy) is 2. The summed E-state index contributed by atoms with van der Waals surface area (Å²) in [5.41, 5.74) is 7.18. The summed E-state index contributed by atoms with van der Waals surface area (Å²) in [6.45, 7) is 11.4. The van der Waals surface area contributed by atoms with Crippen LogP contribution in [-0.4, -0.2) is 73.7 Å². The second-order valence-corrected chi connectivity index (χ2v) is 15.9. The largest absolute Gasteiger partial charge is 0.479 e. The molecule has 0 spiro atoms. The lowest BCUT2D eigenvalue weighted by Gasteiger charge is -2.41. The Bertz CT molecular complexity index is 2020. The average Bonchev–Trinajstić information content (AvgIpc) is 3.67. The lowest BCUT2D eigenvalue weighted by atomic mass is 9.91. The van der Waals surface area contributed by atoms with Crippen molar-refractivity contribution in [1.29, 1.82) is 0 Å². The molecule has 5 heterocycles. The Labute approximate surface area is 288 Å². The first-order chi connectivity index (χ1) is 23.0. The number of halogens is 1. The second kappa shape index (κ2) is 12.2. The van der Waals surface area contributed by atoms with Gasteiger partial charge in [0.1, 0.15) is 10.5 Å². The fourth-order valence-electron chi connectivity index (χ4n) is 7.15. The molecule has 2 aliphatic heterocycles. The third-order valence-corrected chi connectivity index (χ3v) is 11.1. The van der Waals surface area contributed by atoms with E-state index in [4.69, 9.17) is 36.1 Å². The van der Waals surface area contributed by atoms with E-state index >= 15 is 0 Å². The molecule has 1 atom stereocenters. The maximum atomic E-state index is 12.8. The van der Waals surface area contributed by atoms with Gasteiger partial charge in [-0.2, -0.15) is 5.10 Å². The third kappa shape index (κ3) is 5.92. The quantitative estimate of drug-likeness (QED) is 0.174. The minimum atomic E-state index is -1.17. The number of pyridine rings is 1. The van der Waals surface area contributed by atoms with Crippen molar-refractivity contribution in [2.45, 2.75) is 83.1 Å². The normalized spacial score (nSPS) is 18.9. The number of carboxylic acid groups (broad SMARTS) is 1. The Kier molecular flexibility index (Phi) is 8.07. The molecule has 1 N–H and O–H groups in total. The van der Waals surface area contributed by atoms with Crippen molar-refractivity contribution in [2.75, 3.05) is 26.3 Å². The van der Waals surface area contributed by atoms with Crippen LogP contribution in [0.25, 0.3) is 43.1 Å². The molecule has 2 aromatic carbocycles. The van der Waals surface area contributed by atoms with E-state index in [9.17, 15) is 9.90 Å². The van der Waals surface area contributed by atoms with E-state index in [2.05, 4.69) is 21.7 Å². The van der Waals surface area contributed by atoms with Crippen molar-refractivity contribution in [3.8, 4) is 21.8 Å². The van der Waals surface area contributed by atoms with Gasteiger partial charge >= 0.3 is 5.97 Å². The number of thiazole rings is 1. The number of benzene rings is 2. The smallest absolute Gasteiger partial charge is 0.337 e. The van der Waals surface area contributed by atoms with Crippen LogP contribution in [0.5, 0.6) is 0 Å². The van der Waals surface area contributed by atoms with Crippen LogP contribution in [-0.2, 0) is 14.3 Å². The van der Waals surface area contributed by atoms with E-state index in [1.165, 1.54) is 11.3 Å². The van der Waals surface area contributed by atoms with Crippen molar-refractivity contribution in [1.82, 2.24) is 24.6 Å². The number of piperidine rings is 1. The first-order valence-corrected chi connectivity index (χ1v) is 18.1. The standard InChI is InChI=1S/C37H40ClN5O4S/c1-20-17-27-34(30(21-5-7-23(38)8-6-21)29(20)33(36(44)45)47-37(2,3)4)48-35(40-27)26-11-12-28-32(39-26)31(41-43(28)24-9-10-24)22-13-15-42(16-14-22)25-18-46-19-25/h5-8,11-12,17,22,24-25,33H,9-10,13-16,18-19H2,1-4H3,(H,44,45)/t33-/m0/s1. The van der Waals surface area contributed by atoms with E-state index in [0.717, 1.165) is 106 Å². The molecule has 0 radical (unpaired) electrons. The molecule has 1 saturated carbocycles. The molecule has 48 heavy (non-hydrogen) atoms. The van der Waals surface area contributed by atoms with Crippen molar-refractivity contribution in [2.24, 2.45) is 0 Å². The topological polar surface area (TPSA) is 103 Å². The number of hydrogen-bond acceptors (Lipinski definition) is 8. The number of aliphatic carboxylic acids is 1. The van der Waals surface area contributed by atoms with Crippen LogP contribution < -0.4 is 0 Å². The second-order valence-electron chi connectivity index (χ2n) is 14.4. The van der Waals surface area contributed by atoms with Gasteiger partial charge in [0.2, 0.25) is 0 Å². The summed E-state index contributed by atoms with van der Waals surface area (Å²) in [6, 6.07) is 14.7. The van der Waals surface area contributed by atoms with Crippen LogP contribution in [0.2, 0.25) is 5.02 Å². The van der Waals surface area contributed by atoms with Gasteiger partial charge in [0.05, 0.1) is 58.0 Å². The third-order valence-electron chi connectivity index (χ3n) is 9.76. The highest BCUT2D eigenvalue weighted by molar-refractivity contribution is 7.22. The van der Waals surface area contributed by atoms with Crippen molar-refractivity contribution in [3.05, 3.63) is 64.3 Å². The van der Waals surface area contributed by atoms with Gasteiger partial charge in [0.25, 0.3) is 0 Å². The van der Waals surface area contributed by atoms with Gasteiger partial charge in [-0.15, -0.1) is 11.3 Å². The molecule has 5 aromatic rings. The van der Waals surface area contributed by atoms with E-state index in [1.54, 1.807) is 0 Å². The molecule has 2 saturated heterocycles. The molecule has 3 aliphatic rings. The molecule has 8 rings (SSSR count). The molecule has 3 aromatic heterocycles. The minimum absolute atomic E-state index is 0.361. The number of hydrogen-bond donors (Lipinski definition) is 1. The summed E-state index contributed by atoms with van der Waals surface area (Å²) in [5, 5.41) is 17.1. The van der Waals surface area contributed by atoms with Gasteiger partial charge in [-0.25, -0.2) is 14.8 Å². The predicted octanol–water partition coefficient (Wildman–Crippen LogP) is 8.19. The first kappa shape index (κ1) is 31.8. The van der Waals surface area contributed by atoms with Gasteiger partial charge in [-0.1, -0.05) is 23.7 Å². The van der Waals surface area contributed by atoms with Crippen LogP contribution >= 0.6 is 22.9 Å². The van der Waals surface area contributed by atoms with Gasteiger partial charge in [0.15, 0.2) is 6.10 Å². The summed E-state index contributed by atoms with van der Waals surface area (Å²) in [6.07, 6.45) is 3.27. The summed E-state index contributed by atoms with van der Waals surface area (Å²) in [4.78, 5) is 25.7. The summed E-state index contributed by atoms with van der Waals surface area (Å²) < 4.78 is 14.7. The molecular formula is C37H40ClN5O4S. The number of carbonyl (C=O) groups is 1. The van der Waals surface area contributed by atoms with Gasteiger partial charge < -0.3 is 14.6 Å². The van der Waals surface area contributed by atoms with Crippen LogP contribution in [0.4, 0.5) is 0 Å².